The van der Waals surface area contributed by atoms with Crippen molar-refractivity contribution in [3.63, 3.8) is 0 Å². The van der Waals surface area contributed by atoms with Crippen molar-refractivity contribution in [3.8, 4) is 0 Å². The monoisotopic (exact) mass is 362 g/mol. The van der Waals surface area contributed by atoms with Gasteiger partial charge in [0.2, 0.25) is 10.0 Å². The van der Waals surface area contributed by atoms with Gasteiger partial charge in [-0.05, 0) is 35.0 Å². The number of nitrogen functional groups attached to an aromatic ring is 1. The molecule has 1 fully saturated rings. The fraction of sp³-hybridized carbons (Fsp3) is 0.583. The van der Waals surface area contributed by atoms with Gasteiger partial charge in [0, 0.05) is 36.8 Å². The summed E-state index contributed by atoms with van der Waals surface area (Å²) >= 11 is 3.23. The van der Waals surface area contributed by atoms with E-state index in [1.165, 1.54) is 16.6 Å². The van der Waals surface area contributed by atoms with E-state index < -0.39 is 10.0 Å². The molecule has 1 aromatic rings. The Bertz CT molecular complexity index is 571. The summed E-state index contributed by atoms with van der Waals surface area (Å²) in [6, 6.07) is 1.51. The van der Waals surface area contributed by atoms with Crippen LogP contribution >= 0.6 is 15.9 Å². The average Bonchev–Trinajstić information content (AvgIpc) is 2.42. The molecule has 0 unspecified atom stereocenters. The molecule has 0 radical (unpaired) electrons. The number of pyridine rings is 1. The number of nitrogens with zero attached hydrogens (tertiary/aromatic N) is 3. The number of hydrogen-bond acceptors (Lipinski definition) is 5. The smallest absolute Gasteiger partial charge is 0.246 e. The Hall–Kier alpha value is -0.700. The molecule has 0 aliphatic carbocycles. The number of nitrogens with two attached hydrogens (primary N) is 1. The molecule has 0 bridgehead atoms. The van der Waals surface area contributed by atoms with Crippen LogP contribution in [-0.4, -0.2) is 55.3 Å². The van der Waals surface area contributed by atoms with Crippen LogP contribution in [0.3, 0.4) is 0 Å². The fourth-order valence-corrected chi connectivity index (χ4v) is 4.28. The van der Waals surface area contributed by atoms with Crippen LogP contribution in [0, 0.1) is 0 Å². The molecule has 1 aliphatic rings. The van der Waals surface area contributed by atoms with Crippen LogP contribution in [0.5, 0.6) is 0 Å². The summed E-state index contributed by atoms with van der Waals surface area (Å²) in [5.74, 6) is 0.0455. The van der Waals surface area contributed by atoms with Crippen LogP contribution in [0.4, 0.5) is 5.82 Å². The van der Waals surface area contributed by atoms with Crippen molar-refractivity contribution < 1.29 is 8.42 Å². The molecule has 2 rings (SSSR count). The molecule has 2 N–H and O–H groups in total. The van der Waals surface area contributed by atoms with Gasteiger partial charge in [0.1, 0.15) is 10.7 Å². The first-order valence-electron chi connectivity index (χ1n) is 6.58. The number of halogens is 1. The van der Waals surface area contributed by atoms with Crippen molar-refractivity contribution in [2.45, 2.75) is 18.2 Å². The third-order valence-electron chi connectivity index (χ3n) is 3.34. The first-order valence-corrected chi connectivity index (χ1v) is 8.82. The SMILES string of the molecule is CCCN1CCN(S(=O)(=O)c2cc(Br)cnc2N)CC1. The molecule has 1 aromatic heterocycles. The summed E-state index contributed by atoms with van der Waals surface area (Å²) in [4.78, 5) is 6.25. The molecule has 6 nitrogen and oxygen atoms in total. The van der Waals surface area contributed by atoms with Gasteiger partial charge in [-0.1, -0.05) is 6.92 Å². The molecule has 20 heavy (non-hydrogen) atoms. The third-order valence-corrected chi connectivity index (χ3v) is 5.70. The normalized spacial score (nSPS) is 18.3. The van der Waals surface area contributed by atoms with Gasteiger partial charge in [0.15, 0.2) is 0 Å². The van der Waals surface area contributed by atoms with Crippen molar-refractivity contribution in [2.24, 2.45) is 0 Å². The van der Waals surface area contributed by atoms with Crippen molar-refractivity contribution >= 4 is 31.8 Å². The van der Waals surface area contributed by atoms with Crippen LogP contribution in [-0.2, 0) is 10.0 Å². The minimum atomic E-state index is -3.56. The Morgan fingerprint density at radius 2 is 2.00 bits per heavy atom. The number of rotatable bonds is 4. The van der Waals surface area contributed by atoms with Gasteiger partial charge in [-0.15, -0.1) is 0 Å². The van der Waals surface area contributed by atoms with Gasteiger partial charge in [0.25, 0.3) is 0 Å². The molecular formula is C12H19BrN4O2S. The quantitative estimate of drug-likeness (QED) is 0.868. The number of sulfonamides is 1. The Balaban J connectivity index is 2.18. The highest BCUT2D eigenvalue weighted by atomic mass is 79.9. The lowest BCUT2D eigenvalue weighted by molar-refractivity contribution is 0.188. The van der Waals surface area contributed by atoms with Gasteiger partial charge >= 0.3 is 0 Å². The number of aromatic nitrogens is 1. The largest absolute Gasteiger partial charge is 0.383 e. The third kappa shape index (κ3) is 3.30. The molecule has 2 heterocycles. The van der Waals surface area contributed by atoms with E-state index in [9.17, 15) is 8.42 Å². The molecule has 8 heteroatoms. The van der Waals surface area contributed by atoms with Crippen LogP contribution in [0.1, 0.15) is 13.3 Å². The van der Waals surface area contributed by atoms with E-state index in [1.54, 1.807) is 0 Å². The maximum Gasteiger partial charge on any atom is 0.246 e. The highest BCUT2D eigenvalue weighted by molar-refractivity contribution is 9.10. The summed E-state index contributed by atoms with van der Waals surface area (Å²) in [6.45, 7) is 5.64. The van der Waals surface area contributed by atoms with Gasteiger partial charge in [-0.2, -0.15) is 4.31 Å². The maximum absolute atomic E-state index is 12.6. The van der Waals surface area contributed by atoms with Gasteiger partial charge < -0.3 is 10.6 Å². The summed E-state index contributed by atoms with van der Waals surface area (Å²) in [5.41, 5.74) is 5.71. The van der Waals surface area contributed by atoms with Crippen LogP contribution in [0.15, 0.2) is 21.6 Å². The second kappa shape index (κ2) is 6.38. The molecule has 1 aliphatic heterocycles. The lowest BCUT2D eigenvalue weighted by Crippen LogP contribution is -2.48. The maximum atomic E-state index is 12.6. The molecule has 0 atom stereocenters. The molecule has 1 saturated heterocycles. The minimum absolute atomic E-state index is 0.0455. The number of piperazine rings is 1. The van der Waals surface area contributed by atoms with Crippen molar-refractivity contribution in [2.75, 3.05) is 38.5 Å². The van der Waals surface area contributed by atoms with E-state index in [0.29, 0.717) is 17.6 Å². The van der Waals surface area contributed by atoms with E-state index >= 15 is 0 Å². The standard InChI is InChI=1S/C12H19BrN4O2S/c1-2-3-16-4-6-17(7-5-16)20(18,19)11-8-10(13)9-15-12(11)14/h8-9H,2-7H2,1H3,(H2,14,15). The number of anilines is 1. The highest BCUT2D eigenvalue weighted by Crippen LogP contribution is 2.24. The second-order valence-electron chi connectivity index (χ2n) is 4.78. The van der Waals surface area contributed by atoms with E-state index in [4.69, 9.17) is 5.73 Å². The zero-order valence-electron chi connectivity index (χ0n) is 11.4. The predicted octanol–water partition coefficient (Wildman–Crippen LogP) is 1.14. The van der Waals surface area contributed by atoms with Crippen LogP contribution in [0.25, 0.3) is 0 Å². The summed E-state index contributed by atoms with van der Waals surface area (Å²) in [7, 11) is -3.56. The highest BCUT2D eigenvalue weighted by Gasteiger charge is 2.30. The topological polar surface area (TPSA) is 79.5 Å². The van der Waals surface area contributed by atoms with Gasteiger partial charge in [0.05, 0.1) is 0 Å². The number of hydrogen-bond donors (Lipinski definition) is 1. The molecular weight excluding hydrogens is 344 g/mol. The molecule has 0 aromatic carbocycles. The second-order valence-corrected chi connectivity index (χ2v) is 7.60. The fourth-order valence-electron chi connectivity index (χ4n) is 2.29. The first-order chi connectivity index (χ1) is 9.45. The van der Waals surface area contributed by atoms with Crippen LogP contribution in [0.2, 0.25) is 0 Å². The first kappa shape index (κ1) is 15.7. The van der Waals surface area contributed by atoms with E-state index in [1.807, 2.05) is 0 Å². The molecule has 0 amide bonds. The minimum Gasteiger partial charge on any atom is -0.383 e. The van der Waals surface area contributed by atoms with Crippen molar-refractivity contribution in [1.29, 1.82) is 0 Å². The predicted molar refractivity (Wildman–Crippen MR) is 81.8 cm³/mol. The Morgan fingerprint density at radius 3 is 2.60 bits per heavy atom. The Morgan fingerprint density at radius 1 is 1.35 bits per heavy atom. The lowest BCUT2D eigenvalue weighted by Gasteiger charge is -2.33. The van der Waals surface area contributed by atoms with Gasteiger partial charge in [-0.3, -0.25) is 0 Å². The molecule has 0 saturated carbocycles. The molecule has 112 valence electrons. The van der Waals surface area contributed by atoms with E-state index in [-0.39, 0.29) is 10.7 Å². The lowest BCUT2D eigenvalue weighted by atomic mass is 10.3. The summed E-state index contributed by atoms with van der Waals surface area (Å²) in [5, 5.41) is 0. The zero-order valence-corrected chi connectivity index (χ0v) is 13.8. The van der Waals surface area contributed by atoms with E-state index in [0.717, 1.165) is 26.1 Å². The Labute approximate surface area is 128 Å². The van der Waals surface area contributed by atoms with Crippen molar-refractivity contribution in [3.05, 3.63) is 16.7 Å². The summed E-state index contributed by atoms with van der Waals surface area (Å²) < 4.78 is 27.3. The molecule has 0 spiro atoms. The van der Waals surface area contributed by atoms with Gasteiger partial charge in [-0.25, -0.2) is 13.4 Å². The Kier molecular flexibility index (Phi) is 5.00. The van der Waals surface area contributed by atoms with Crippen molar-refractivity contribution in [1.82, 2.24) is 14.2 Å². The van der Waals surface area contributed by atoms with E-state index in [2.05, 4.69) is 32.7 Å². The van der Waals surface area contributed by atoms with Crippen LogP contribution < -0.4 is 5.73 Å². The zero-order chi connectivity index (χ0) is 14.8. The summed E-state index contributed by atoms with van der Waals surface area (Å²) in [6.07, 6.45) is 2.57. The average molecular weight is 363 g/mol.